The number of nitrogen functional groups attached to an aromatic ring is 1. The maximum Gasteiger partial charge on any atom is 0.351 e. The Kier molecular flexibility index (Phi) is 6.65. The highest BCUT2D eigenvalue weighted by atomic mass is 19.3. The van der Waals surface area contributed by atoms with Crippen LogP contribution in [0.4, 0.5) is 14.6 Å². The quantitative estimate of drug-likeness (QED) is 0.513. The predicted molar refractivity (Wildman–Crippen MR) is 101 cm³/mol. The molecule has 0 saturated carbocycles. The minimum absolute atomic E-state index is 0.166. The van der Waals surface area contributed by atoms with Gasteiger partial charge in [0.2, 0.25) is 12.3 Å². The van der Waals surface area contributed by atoms with Crippen molar-refractivity contribution in [1.29, 1.82) is 0 Å². The van der Waals surface area contributed by atoms with Crippen LogP contribution >= 0.6 is 0 Å². The summed E-state index contributed by atoms with van der Waals surface area (Å²) in [6, 6.07) is 1.14. The van der Waals surface area contributed by atoms with E-state index in [-0.39, 0.29) is 5.82 Å². The van der Waals surface area contributed by atoms with Crippen LogP contribution in [0.2, 0.25) is 0 Å². The van der Waals surface area contributed by atoms with Crippen LogP contribution < -0.4 is 11.4 Å². The Morgan fingerprint density at radius 3 is 2.43 bits per heavy atom. The van der Waals surface area contributed by atoms with Crippen LogP contribution in [0.25, 0.3) is 0 Å². The van der Waals surface area contributed by atoms with Crippen molar-refractivity contribution < 1.29 is 32.6 Å². The van der Waals surface area contributed by atoms with Gasteiger partial charge in [-0.25, -0.2) is 4.79 Å². The molecular formula is C19H25F2N3O6. The lowest BCUT2D eigenvalue weighted by Gasteiger charge is -2.31. The third-order valence-corrected chi connectivity index (χ3v) is 4.52. The summed E-state index contributed by atoms with van der Waals surface area (Å²) in [4.78, 5) is 39.6. The standard InChI is InChI=1S/C19H25F2N3O6/c1-6-18(9-28-13(25)10(2)3)15(29-14(26)11(4)5)19(20,21)16(30-18)24-8-7-12(22)23-17(24)27/h6-8,10-11,15-16H,1,9H2,2-5H3,(H2,22,23,27). The second-order valence-corrected chi connectivity index (χ2v) is 7.58. The van der Waals surface area contributed by atoms with Crippen LogP contribution in [0.3, 0.4) is 0 Å². The zero-order valence-corrected chi connectivity index (χ0v) is 17.1. The van der Waals surface area contributed by atoms with Gasteiger partial charge in [-0.3, -0.25) is 14.2 Å². The minimum atomic E-state index is -3.90. The molecule has 0 spiro atoms. The van der Waals surface area contributed by atoms with Gasteiger partial charge in [-0.15, -0.1) is 0 Å². The van der Waals surface area contributed by atoms with Crippen LogP contribution in [0.1, 0.15) is 33.9 Å². The zero-order chi connectivity index (χ0) is 22.9. The molecule has 0 bridgehead atoms. The van der Waals surface area contributed by atoms with Crippen molar-refractivity contribution in [2.75, 3.05) is 12.3 Å². The summed E-state index contributed by atoms with van der Waals surface area (Å²) in [6.45, 7) is 8.86. The van der Waals surface area contributed by atoms with Crippen LogP contribution in [0.5, 0.6) is 0 Å². The number of alkyl halides is 2. The molecule has 30 heavy (non-hydrogen) atoms. The highest BCUT2D eigenvalue weighted by Crippen LogP contribution is 2.50. The highest BCUT2D eigenvalue weighted by Gasteiger charge is 2.69. The number of aromatic nitrogens is 2. The Bertz CT molecular complexity index is 885. The summed E-state index contributed by atoms with van der Waals surface area (Å²) in [5.41, 5.74) is 2.22. The van der Waals surface area contributed by atoms with Crippen molar-refractivity contribution in [3.63, 3.8) is 0 Å². The lowest BCUT2D eigenvalue weighted by atomic mass is 9.94. The smallest absolute Gasteiger partial charge is 0.351 e. The van der Waals surface area contributed by atoms with Gasteiger partial charge in [-0.2, -0.15) is 13.8 Å². The van der Waals surface area contributed by atoms with Gasteiger partial charge in [0.1, 0.15) is 12.4 Å². The van der Waals surface area contributed by atoms with Gasteiger partial charge in [0.15, 0.2) is 5.60 Å². The fourth-order valence-electron chi connectivity index (χ4n) is 2.75. The number of esters is 2. The van der Waals surface area contributed by atoms with E-state index in [1.807, 2.05) is 0 Å². The van der Waals surface area contributed by atoms with Gasteiger partial charge in [-0.05, 0) is 6.07 Å². The Morgan fingerprint density at radius 1 is 1.33 bits per heavy atom. The fraction of sp³-hybridized carbons (Fsp3) is 0.579. The molecule has 0 aliphatic carbocycles. The summed E-state index contributed by atoms with van der Waals surface area (Å²) < 4.78 is 47.0. The average Bonchev–Trinajstić information content (AvgIpc) is 2.87. The number of nitrogens with two attached hydrogens (primary N) is 1. The first-order valence-electron chi connectivity index (χ1n) is 9.26. The highest BCUT2D eigenvalue weighted by molar-refractivity contribution is 5.72. The number of carbonyl (C=O) groups is 2. The average molecular weight is 429 g/mol. The number of hydrogen-bond acceptors (Lipinski definition) is 8. The molecule has 0 aromatic carbocycles. The van der Waals surface area contributed by atoms with E-state index >= 15 is 8.78 Å². The zero-order valence-electron chi connectivity index (χ0n) is 17.1. The molecule has 1 aromatic heterocycles. The van der Waals surface area contributed by atoms with Crippen molar-refractivity contribution >= 4 is 17.8 Å². The van der Waals surface area contributed by atoms with E-state index in [4.69, 9.17) is 19.9 Å². The summed E-state index contributed by atoms with van der Waals surface area (Å²) in [5.74, 6) is -6.92. The molecule has 1 fully saturated rings. The Labute approximate surface area is 171 Å². The van der Waals surface area contributed by atoms with E-state index in [0.29, 0.717) is 4.57 Å². The third kappa shape index (κ3) is 4.35. The van der Waals surface area contributed by atoms with E-state index in [1.165, 1.54) is 13.8 Å². The fourth-order valence-corrected chi connectivity index (χ4v) is 2.75. The molecule has 1 aliphatic heterocycles. The van der Waals surface area contributed by atoms with Gasteiger partial charge in [0.25, 0.3) is 0 Å². The van der Waals surface area contributed by atoms with Crippen molar-refractivity contribution in [1.82, 2.24) is 9.55 Å². The number of hydrogen-bond donors (Lipinski definition) is 1. The maximum absolute atomic E-state index is 15.4. The van der Waals surface area contributed by atoms with Crippen molar-refractivity contribution in [3.05, 3.63) is 35.4 Å². The minimum Gasteiger partial charge on any atom is -0.462 e. The van der Waals surface area contributed by atoms with E-state index in [9.17, 15) is 14.4 Å². The van der Waals surface area contributed by atoms with Gasteiger partial charge >= 0.3 is 23.6 Å². The molecule has 166 valence electrons. The summed E-state index contributed by atoms with van der Waals surface area (Å²) in [7, 11) is 0. The Hall–Kier alpha value is -2.82. The molecule has 3 atom stereocenters. The van der Waals surface area contributed by atoms with E-state index in [2.05, 4.69) is 11.6 Å². The lowest BCUT2D eigenvalue weighted by molar-refractivity contribution is -0.183. The third-order valence-electron chi connectivity index (χ3n) is 4.52. The van der Waals surface area contributed by atoms with Crippen molar-refractivity contribution in [3.8, 4) is 0 Å². The van der Waals surface area contributed by atoms with Crippen LogP contribution in [-0.2, 0) is 23.8 Å². The number of nitrogens with zero attached hydrogens (tertiary/aromatic N) is 2. The van der Waals surface area contributed by atoms with Gasteiger partial charge in [0, 0.05) is 6.20 Å². The molecule has 0 radical (unpaired) electrons. The SMILES string of the molecule is C=CC1(COC(=O)C(C)C)OC(n2ccc(N)nc2=O)C(F)(F)C1OC(=O)C(C)C. The maximum atomic E-state index is 15.4. The molecule has 2 heterocycles. The lowest BCUT2D eigenvalue weighted by Crippen LogP contribution is -2.51. The van der Waals surface area contributed by atoms with Gasteiger partial charge < -0.3 is 19.9 Å². The van der Waals surface area contributed by atoms with Gasteiger partial charge in [0.05, 0.1) is 11.8 Å². The summed E-state index contributed by atoms with van der Waals surface area (Å²) in [6.07, 6.45) is -2.46. The first-order chi connectivity index (χ1) is 13.9. The normalized spacial score (nSPS) is 25.3. The topological polar surface area (TPSA) is 123 Å². The molecule has 2 rings (SSSR count). The second kappa shape index (κ2) is 8.50. The molecular weight excluding hydrogens is 404 g/mol. The number of halogens is 2. The molecule has 1 saturated heterocycles. The molecule has 9 nitrogen and oxygen atoms in total. The monoisotopic (exact) mass is 429 g/mol. The van der Waals surface area contributed by atoms with E-state index < -0.39 is 59.9 Å². The summed E-state index contributed by atoms with van der Waals surface area (Å²) >= 11 is 0. The molecule has 0 amide bonds. The van der Waals surface area contributed by atoms with Crippen molar-refractivity contribution in [2.45, 2.75) is 51.6 Å². The Morgan fingerprint density at radius 2 is 1.93 bits per heavy atom. The first-order valence-corrected chi connectivity index (χ1v) is 9.26. The number of anilines is 1. The second-order valence-electron chi connectivity index (χ2n) is 7.58. The van der Waals surface area contributed by atoms with Crippen LogP contribution in [0.15, 0.2) is 29.7 Å². The molecule has 11 heteroatoms. The van der Waals surface area contributed by atoms with E-state index in [0.717, 1.165) is 18.3 Å². The first kappa shape index (κ1) is 23.5. The number of ether oxygens (including phenoxy) is 3. The largest absolute Gasteiger partial charge is 0.462 e. The van der Waals surface area contributed by atoms with E-state index in [1.54, 1.807) is 13.8 Å². The van der Waals surface area contributed by atoms with Gasteiger partial charge in [-0.1, -0.05) is 40.3 Å². The molecule has 3 unspecified atom stereocenters. The summed E-state index contributed by atoms with van der Waals surface area (Å²) in [5, 5.41) is 0. The predicted octanol–water partition coefficient (Wildman–Crippen LogP) is 1.68. The Balaban J connectivity index is 2.53. The number of carbonyl (C=O) groups excluding carboxylic acids is 2. The molecule has 2 N–H and O–H groups in total. The molecule has 1 aliphatic rings. The number of rotatable bonds is 7. The van der Waals surface area contributed by atoms with Crippen molar-refractivity contribution in [2.24, 2.45) is 11.8 Å². The van der Waals surface area contributed by atoms with Crippen LogP contribution in [-0.4, -0.2) is 45.7 Å². The molecule has 1 aromatic rings. The van der Waals surface area contributed by atoms with Crippen LogP contribution in [0, 0.1) is 11.8 Å².